The van der Waals surface area contributed by atoms with Crippen molar-refractivity contribution >= 4 is 17.9 Å². The lowest BCUT2D eigenvalue weighted by Gasteiger charge is -2.60. The fraction of sp³-hybridized carbons (Fsp3) is 0.903. The number of hydrogen-bond acceptors (Lipinski definition) is 10. The Morgan fingerprint density at radius 3 is 2.44 bits per heavy atom. The molecule has 228 valence electrons. The number of hydrogen-bond donors (Lipinski definition) is 2. The molecule has 4 aliphatic heterocycles. The summed E-state index contributed by atoms with van der Waals surface area (Å²) in [6.45, 7) is 11.3. The number of carbonyl (C=O) groups excluding carboxylic acids is 3. The summed E-state index contributed by atoms with van der Waals surface area (Å²) in [6, 6.07) is 0. The molecular weight excluding hydrogens is 532 g/mol. The molecule has 7 fully saturated rings. The minimum atomic E-state index is -1.42. The Bertz CT molecular complexity index is 1190. The van der Waals surface area contributed by atoms with E-state index >= 15 is 0 Å². The van der Waals surface area contributed by atoms with Crippen LogP contribution in [0.25, 0.3) is 0 Å². The molecule has 7 rings (SSSR count). The summed E-state index contributed by atoms with van der Waals surface area (Å²) in [5, 5.41) is 24.9. The van der Waals surface area contributed by atoms with Crippen LogP contribution in [0.2, 0.25) is 0 Å². The topological polar surface area (TPSA) is 138 Å². The summed E-state index contributed by atoms with van der Waals surface area (Å²) < 4.78 is 31.4. The molecule has 10 nitrogen and oxygen atoms in total. The lowest BCUT2D eigenvalue weighted by atomic mass is 9.50. The molecule has 0 radical (unpaired) electrons. The summed E-state index contributed by atoms with van der Waals surface area (Å²) >= 11 is 0. The van der Waals surface area contributed by atoms with E-state index in [9.17, 15) is 24.6 Å². The average molecular weight is 577 g/mol. The van der Waals surface area contributed by atoms with Gasteiger partial charge in [0.1, 0.15) is 23.9 Å². The van der Waals surface area contributed by atoms with Crippen molar-refractivity contribution in [3.05, 3.63) is 0 Å². The van der Waals surface area contributed by atoms with Gasteiger partial charge in [-0.25, -0.2) is 0 Å². The number of esters is 3. The lowest BCUT2D eigenvalue weighted by molar-refractivity contribution is -0.271. The van der Waals surface area contributed by atoms with Crippen molar-refractivity contribution in [3.63, 3.8) is 0 Å². The maximum absolute atomic E-state index is 12.7. The first-order chi connectivity index (χ1) is 19.1. The predicted molar refractivity (Wildman–Crippen MR) is 141 cm³/mol. The smallest absolute Gasteiger partial charge is 0.309 e. The molecule has 0 aromatic rings. The molecule has 10 heteroatoms. The maximum Gasteiger partial charge on any atom is 0.309 e. The van der Waals surface area contributed by atoms with Crippen molar-refractivity contribution in [2.24, 2.45) is 35.0 Å². The fourth-order valence-electron chi connectivity index (χ4n) is 11.3. The Morgan fingerprint density at radius 1 is 1.05 bits per heavy atom. The maximum atomic E-state index is 12.7. The van der Waals surface area contributed by atoms with Gasteiger partial charge in [0.15, 0.2) is 0 Å². The number of cyclic esters (lactones) is 1. The Kier molecular flexibility index (Phi) is 5.78. The predicted octanol–water partition coefficient (Wildman–Crippen LogP) is 2.44. The van der Waals surface area contributed by atoms with Crippen LogP contribution in [0.1, 0.15) is 86.5 Å². The van der Waals surface area contributed by atoms with E-state index in [1.54, 1.807) is 0 Å². The van der Waals surface area contributed by atoms with Crippen LogP contribution in [0.3, 0.4) is 0 Å². The molecular formula is C31H44O10. The Balaban J connectivity index is 1.33. The molecule has 0 aromatic heterocycles. The van der Waals surface area contributed by atoms with E-state index in [0.717, 1.165) is 0 Å². The second kappa shape index (κ2) is 8.45. The molecule has 41 heavy (non-hydrogen) atoms. The van der Waals surface area contributed by atoms with Crippen molar-refractivity contribution in [2.45, 2.75) is 139 Å². The van der Waals surface area contributed by atoms with Crippen LogP contribution in [-0.2, 0) is 38.1 Å². The van der Waals surface area contributed by atoms with Crippen molar-refractivity contribution < 1.29 is 48.3 Å². The molecule has 4 heterocycles. The normalized spacial score (nSPS) is 56.6. The number of rotatable bonds is 2. The lowest BCUT2D eigenvalue weighted by Crippen LogP contribution is -2.68. The molecule has 14 atom stereocenters. The highest BCUT2D eigenvalue weighted by Crippen LogP contribution is 2.73. The SMILES string of the molecule is CC(=O)O[C@H]1C[C@@H]2[C@H](C)[C@@H](C3CC(C)C(=O)O3)O[C@@]23CC[C@]2(O)C[C@]45OC(=O)C[C@H]4OC(C)(C)[C@@H]5C[C@@H](O)[C@H]2[C@@]13C. The van der Waals surface area contributed by atoms with Gasteiger partial charge in [0.25, 0.3) is 0 Å². The van der Waals surface area contributed by atoms with Crippen molar-refractivity contribution in [2.75, 3.05) is 0 Å². The van der Waals surface area contributed by atoms with E-state index in [1.807, 2.05) is 27.7 Å². The van der Waals surface area contributed by atoms with Gasteiger partial charge < -0.3 is 33.9 Å². The standard InChI is InChI=1S/C31H44O10/c1-14-9-19(38-26(14)35)24-15(2)17-10-21(37-16(3)32)28(6)25-18(33)11-20-27(4,5)39-22-12-23(34)40-30(20,22)13-29(25,36)7-8-31(17,28)41-24/h14-15,17-22,24-25,33,36H,7-13H2,1-6H3/t14?,15-,17+,18+,19?,20-,21-,22+,24-,25-,28+,29-,30+,31-/m0/s1. The minimum Gasteiger partial charge on any atom is -0.462 e. The minimum absolute atomic E-state index is 0.0116. The van der Waals surface area contributed by atoms with E-state index in [1.165, 1.54) is 6.92 Å². The number of carbonyl (C=O) groups is 3. The van der Waals surface area contributed by atoms with E-state index < -0.39 is 58.0 Å². The number of ether oxygens (including phenoxy) is 5. The Morgan fingerprint density at radius 2 is 1.78 bits per heavy atom. The molecule has 2 unspecified atom stereocenters. The van der Waals surface area contributed by atoms with Gasteiger partial charge in [-0.15, -0.1) is 0 Å². The molecule has 2 spiro atoms. The molecule has 4 saturated heterocycles. The largest absolute Gasteiger partial charge is 0.462 e. The van der Waals surface area contributed by atoms with Crippen molar-refractivity contribution in [3.8, 4) is 0 Å². The summed E-state index contributed by atoms with van der Waals surface area (Å²) in [6.07, 6.45) is -0.318. The van der Waals surface area contributed by atoms with E-state index in [4.69, 9.17) is 23.7 Å². The molecule has 7 aliphatic rings. The highest BCUT2D eigenvalue weighted by Gasteiger charge is 2.81. The molecule has 0 aromatic carbocycles. The Labute approximate surface area is 240 Å². The molecule has 3 saturated carbocycles. The van der Waals surface area contributed by atoms with Crippen molar-refractivity contribution in [1.82, 2.24) is 0 Å². The van der Waals surface area contributed by atoms with Gasteiger partial charge in [0.05, 0.1) is 41.3 Å². The van der Waals surface area contributed by atoms with E-state index in [2.05, 4.69) is 6.92 Å². The second-order valence-electron chi connectivity index (χ2n) is 15.1. The van der Waals surface area contributed by atoms with Gasteiger partial charge in [-0.05, 0) is 57.8 Å². The highest BCUT2D eigenvalue weighted by atomic mass is 16.6. The van der Waals surface area contributed by atoms with Crippen LogP contribution in [0, 0.1) is 35.0 Å². The van der Waals surface area contributed by atoms with Crippen LogP contribution in [0.15, 0.2) is 0 Å². The highest BCUT2D eigenvalue weighted by molar-refractivity contribution is 5.74. The second-order valence-corrected chi connectivity index (χ2v) is 15.1. The zero-order valence-corrected chi connectivity index (χ0v) is 24.9. The van der Waals surface area contributed by atoms with Gasteiger partial charge in [-0.1, -0.05) is 20.8 Å². The van der Waals surface area contributed by atoms with Gasteiger partial charge >= 0.3 is 17.9 Å². The first-order valence-electron chi connectivity index (χ1n) is 15.4. The van der Waals surface area contributed by atoms with Crippen LogP contribution >= 0.6 is 0 Å². The van der Waals surface area contributed by atoms with E-state index in [-0.39, 0.29) is 67.1 Å². The van der Waals surface area contributed by atoms with Crippen LogP contribution in [-0.4, -0.2) is 81.0 Å². The quantitative estimate of drug-likeness (QED) is 0.372. The molecule has 0 bridgehead atoms. The summed E-state index contributed by atoms with van der Waals surface area (Å²) in [5.41, 5.74) is -4.89. The number of fused-ring (bicyclic) bond motifs is 2. The molecule has 0 amide bonds. The van der Waals surface area contributed by atoms with E-state index in [0.29, 0.717) is 25.7 Å². The zero-order chi connectivity index (χ0) is 29.5. The molecule has 3 aliphatic carbocycles. The Hall–Kier alpha value is -1.75. The summed E-state index contributed by atoms with van der Waals surface area (Å²) in [5.74, 6) is -2.22. The third-order valence-electron chi connectivity index (χ3n) is 12.8. The van der Waals surface area contributed by atoms with Gasteiger partial charge in [0.2, 0.25) is 0 Å². The third-order valence-corrected chi connectivity index (χ3v) is 12.8. The number of aliphatic hydroxyl groups is 2. The summed E-state index contributed by atoms with van der Waals surface area (Å²) in [7, 11) is 0. The average Bonchev–Trinajstić information content (AvgIpc) is 3.53. The molecule has 2 N–H and O–H groups in total. The van der Waals surface area contributed by atoms with Crippen molar-refractivity contribution in [1.29, 1.82) is 0 Å². The van der Waals surface area contributed by atoms with Crippen LogP contribution in [0.5, 0.6) is 0 Å². The monoisotopic (exact) mass is 576 g/mol. The van der Waals surface area contributed by atoms with Crippen LogP contribution < -0.4 is 0 Å². The van der Waals surface area contributed by atoms with Gasteiger partial charge in [-0.3, -0.25) is 14.4 Å². The third kappa shape index (κ3) is 3.42. The fourth-order valence-corrected chi connectivity index (χ4v) is 11.3. The summed E-state index contributed by atoms with van der Waals surface area (Å²) in [4.78, 5) is 37.4. The van der Waals surface area contributed by atoms with Crippen LogP contribution in [0.4, 0.5) is 0 Å². The number of aliphatic hydroxyl groups excluding tert-OH is 1. The van der Waals surface area contributed by atoms with Gasteiger partial charge in [-0.2, -0.15) is 0 Å². The first-order valence-corrected chi connectivity index (χ1v) is 15.4. The first kappa shape index (κ1) is 28.0. The zero-order valence-electron chi connectivity index (χ0n) is 24.9. The van der Waals surface area contributed by atoms with Gasteiger partial charge in [0, 0.05) is 30.6 Å².